The van der Waals surface area contributed by atoms with Gasteiger partial charge < -0.3 is 10.2 Å². The van der Waals surface area contributed by atoms with E-state index >= 15 is 0 Å². The van der Waals surface area contributed by atoms with E-state index in [1.54, 1.807) is 6.20 Å². The van der Waals surface area contributed by atoms with Gasteiger partial charge in [-0.1, -0.05) is 29.8 Å². The van der Waals surface area contributed by atoms with Crippen LogP contribution in [0.5, 0.6) is 0 Å². The summed E-state index contributed by atoms with van der Waals surface area (Å²) >= 11 is 0. The Kier molecular flexibility index (Phi) is 3.76. The summed E-state index contributed by atoms with van der Waals surface area (Å²) in [6, 6.07) is 8.44. The average Bonchev–Trinajstić information content (AvgIpc) is 3.01. The van der Waals surface area contributed by atoms with Crippen molar-refractivity contribution in [1.29, 1.82) is 0 Å². The zero-order valence-corrected chi connectivity index (χ0v) is 11.7. The maximum atomic E-state index is 4.53. The van der Waals surface area contributed by atoms with Crippen molar-refractivity contribution in [3.05, 3.63) is 41.6 Å². The SMILES string of the molecule is Cc1ccc(CNc2nncc(N3CCCC3)n2)cc1. The Balaban J connectivity index is 1.65. The lowest BCUT2D eigenvalue weighted by Gasteiger charge is -2.15. The van der Waals surface area contributed by atoms with Gasteiger partial charge in [0, 0.05) is 19.6 Å². The summed E-state index contributed by atoms with van der Waals surface area (Å²) in [5, 5.41) is 11.3. The lowest BCUT2D eigenvalue weighted by Crippen LogP contribution is -2.20. The zero-order valence-electron chi connectivity index (χ0n) is 11.7. The molecule has 1 aromatic carbocycles. The van der Waals surface area contributed by atoms with Crippen LogP contribution in [0.4, 0.5) is 11.8 Å². The first kappa shape index (κ1) is 12.8. The summed E-state index contributed by atoms with van der Waals surface area (Å²) in [7, 11) is 0. The van der Waals surface area contributed by atoms with E-state index < -0.39 is 0 Å². The maximum Gasteiger partial charge on any atom is 0.244 e. The van der Waals surface area contributed by atoms with Gasteiger partial charge in [-0.3, -0.25) is 0 Å². The fourth-order valence-corrected chi connectivity index (χ4v) is 2.36. The molecule has 1 aliphatic heterocycles. The number of nitrogens with zero attached hydrogens (tertiary/aromatic N) is 4. The van der Waals surface area contributed by atoms with Crippen molar-refractivity contribution in [2.45, 2.75) is 26.3 Å². The highest BCUT2D eigenvalue weighted by atomic mass is 15.3. The summed E-state index contributed by atoms with van der Waals surface area (Å²) in [4.78, 5) is 6.78. The molecule has 1 aliphatic rings. The number of benzene rings is 1. The Bertz CT molecular complexity index is 561. The van der Waals surface area contributed by atoms with E-state index in [-0.39, 0.29) is 0 Å². The number of aromatic nitrogens is 3. The van der Waals surface area contributed by atoms with Gasteiger partial charge in [0.1, 0.15) is 0 Å². The van der Waals surface area contributed by atoms with Crippen molar-refractivity contribution in [3.8, 4) is 0 Å². The molecule has 20 heavy (non-hydrogen) atoms. The molecule has 0 amide bonds. The van der Waals surface area contributed by atoms with E-state index in [1.807, 2.05) is 0 Å². The van der Waals surface area contributed by atoms with Crippen molar-refractivity contribution in [3.63, 3.8) is 0 Å². The van der Waals surface area contributed by atoms with E-state index in [0.29, 0.717) is 12.5 Å². The second-order valence-corrected chi connectivity index (χ2v) is 5.17. The van der Waals surface area contributed by atoms with Crippen molar-refractivity contribution in [2.24, 2.45) is 0 Å². The average molecular weight is 269 g/mol. The molecule has 0 aliphatic carbocycles. The van der Waals surface area contributed by atoms with Gasteiger partial charge in [0.15, 0.2) is 5.82 Å². The van der Waals surface area contributed by atoms with Gasteiger partial charge in [0.05, 0.1) is 6.20 Å². The van der Waals surface area contributed by atoms with Crippen LogP contribution in [0.25, 0.3) is 0 Å². The van der Waals surface area contributed by atoms with E-state index in [4.69, 9.17) is 0 Å². The second-order valence-electron chi connectivity index (χ2n) is 5.17. The number of nitrogens with one attached hydrogen (secondary N) is 1. The summed E-state index contributed by atoms with van der Waals surface area (Å²) in [5.41, 5.74) is 2.48. The van der Waals surface area contributed by atoms with Gasteiger partial charge in [-0.2, -0.15) is 10.1 Å². The standard InChI is InChI=1S/C15H19N5/c1-12-4-6-13(7-5-12)10-16-15-18-14(11-17-19-15)20-8-2-3-9-20/h4-7,11H,2-3,8-10H2,1H3,(H,16,18,19). The molecule has 0 radical (unpaired) electrons. The molecule has 0 bridgehead atoms. The molecule has 1 fully saturated rings. The zero-order chi connectivity index (χ0) is 13.8. The fraction of sp³-hybridized carbons (Fsp3) is 0.400. The molecule has 0 atom stereocenters. The molecule has 1 N–H and O–H groups in total. The monoisotopic (exact) mass is 269 g/mol. The van der Waals surface area contributed by atoms with Crippen LogP contribution >= 0.6 is 0 Å². The Hall–Kier alpha value is -2.17. The molecular weight excluding hydrogens is 250 g/mol. The van der Waals surface area contributed by atoms with Crippen LogP contribution in [0.2, 0.25) is 0 Å². The highest BCUT2D eigenvalue weighted by Gasteiger charge is 2.14. The quantitative estimate of drug-likeness (QED) is 0.923. The molecule has 1 aromatic heterocycles. The Morgan fingerprint density at radius 1 is 1.15 bits per heavy atom. The first-order valence-corrected chi connectivity index (χ1v) is 7.05. The third kappa shape index (κ3) is 3.04. The van der Waals surface area contributed by atoms with Gasteiger partial charge in [-0.15, -0.1) is 5.10 Å². The van der Waals surface area contributed by atoms with Crippen LogP contribution in [0, 0.1) is 6.92 Å². The molecule has 2 aromatic rings. The van der Waals surface area contributed by atoms with Crippen LogP contribution < -0.4 is 10.2 Å². The van der Waals surface area contributed by atoms with Gasteiger partial charge in [0.2, 0.25) is 5.95 Å². The summed E-state index contributed by atoms with van der Waals surface area (Å²) in [5.74, 6) is 1.51. The van der Waals surface area contributed by atoms with E-state index in [2.05, 4.69) is 56.6 Å². The first-order chi connectivity index (χ1) is 9.81. The number of aryl methyl sites for hydroxylation is 1. The summed E-state index contributed by atoms with van der Waals surface area (Å²) in [6.45, 7) is 4.93. The van der Waals surface area contributed by atoms with E-state index in [0.717, 1.165) is 18.9 Å². The number of hydrogen-bond donors (Lipinski definition) is 1. The molecule has 2 heterocycles. The van der Waals surface area contributed by atoms with Gasteiger partial charge >= 0.3 is 0 Å². The molecule has 1 saturated heterocycles. The Morgan fingerprint density at radius 2 is 1.90 bits per heavy atom. The van der Waals surface area contributed by atoms with Crippen LogP contribution in [-0.2, 0) is 6.54 Å². The van der Waals surface area contributed by atoms with Gasteiger partial charge in [0.25, 0.3) is 0 Å². The summed E-state index contributed by atoms with van der Waals surface area (Å²) in [6.07, 6.45) is 4.20. The van der Waals surface area contributed by atoms with Crippen molar-refractivity contribution in [2.75, 3.05) is 23.3 Å². The smallest absolute Gasteiger partial charge is 0.244 e. The third-order valence-corrected chi connectivity index (χ3v) is 3.55. The number of hydrogen-bond acceptors (Lipinski definition) is 5. The van der Waals surface area contributed by atoms with Crippen LogP contribution in [-0.4, -0.2) is 28.3 Å². The predicted molar refractivity (Wildman–Crippen MR) is 79.8 cm³/mol. The van der Waals surface area contributed by atoms with Crippen LogP contribution in [0.15, 0.2) is 30.5 Å². The molecular formula is C15H19N5. The lowest BCUT2D eigenvalue weighted by atomic mass is 10.1. The van der Waals surface area contributed by atoms with Crippen molar-refractivity contribution in [1.82, 2.24) is 15.2 Å². The number of rotatable bonds is 4. The van der Waals surface area contributed by atoms with Gasteiger partial charge in [-0.05, 0) is 25.3 Å². The topological polar surface area (TPSA) is 53.9 Å². The Morgan fingerprint density at radius 3 is 2.65 bits per heavy atom. The highest BCUT2D eigenvalue weighted by Crippen LogP contribution is 2.17. The minimum absolute atomic E-state index is 0.593. The lowest BCUT2D eigenvalue weighted by molar-refractivity contribution is 0.879. The molecule has 3 rings (SSSR count). The molecule has 0 spiro atoms. The van der Waals surface area contributed by atoms with Crippen LogP contribution in [0.3, 0.4) is 0 Å². The Labute approximate surface area is 119 Å². The summed E-state index contributed by atoms with van der Waals surface area (Å²) < 4.78 is 0. The van der Waals surface area contributed by atoms with Crippen LogP contribution in [0.1, 0.15) is 24.0 Å². The molecule has 5 heteroatoms. The van der Waals surface area contributed by atoms with Gasteiger partial charge in [-0.25, -0.2) is 0 Å². The largest absolute Gasteiger partial charge is 0.355 e. The number of anilines is 2. The maximum absolute atomic E-state index is 4.53. The highest BCUT2D eigenvalue weighted by molar-refractivity contribution is 5.41. The third-order valence-electron chi connectivity index (χ3n) is 3.55. The molecule has 0 saturated carbocycles. The van der Waals surface area contributed by atoms with Crippen molar-refractivity contribution >= 4 is 11.8 Å². The fourth-order valence-electron chi connectivity index (χ4n) is 2.36. The first-order valence-electron chi connectivity index (χ1n) is 7.05. The molecule has 0 unspecified atom stereocenters. The molecule has 104 valence electrons. The van der Waals surface area contributed by atoms with Crippen molar-refractivity contribution < 1.29 is 0 Å². The predicted octanol–water partition coefficient (Wildman–Crippen LogP) is 2.39. The minimum Gasteiger partial charge on any atom is -0.355 e. The second kappa shape index (κ2) is 5.86. The normalized spacial score (nSPS) is 14.6. The van der Waals surface area contributed by atoms with E-state index in [9.17, 15) is 0 Å². The minimum atomic E-state index is 0.593. The molecule has 5 nitrogen and oxygen atoms in total. The van der Waals surface area contributed by atoms with E-state index in [1.165, 1.54) is 24.0 Å².